The molecule has 0 aliphatic heterocycles. The van der Waals surface area contributed by atoms with Crippen LogP contribution < -0.4 is 0 Å². The van der Waals surface area contributed by atoms with Crippen LogP contribution in [0.15, 0.2) is 9.85 Å². The van der Waals surface area contributed by atoms with Crippen molar-refractivity contribution in [3.05, 3.63) is 20.3 Å². The summed E-state index contributed by atoms with van der Waals surface area (Å²) in [7, 11) is -3.13. The Hall–Kier alpha value is 0.0900. The minimum Gasteiger partial charge on any atom is -0.387 e. The van der Waals surface area contributed by atoms with E-state index >= 15 is 0 Å². The fourth-order valence-electron chi connectivity index (χ4n) is 1.02. The number of aryl methyl sites for hydroxylation is 1. The van der Waals surface area contributed by atoms with Crippen LogP contribution in [-0.2, 0) is 9.84 Å². The van der Waals surface area contributed by atoms with Crippen LogP contribution >= 0.6 is 27.3 Å². The molecule has 0 bridgehead atoms. The summed E-state index contributed by atoms with van der Waals surface area (Å²) >= 11 is 4.69. The first kappa shape index (κ1) is 12.2. The molecule has 0 aliphatic rings. The molecular formula is C8H11BrO3S2. The molecule has 0 spiro atoms. The Morgan fingerprint density at radius 1 is 1.64 bits per heavy atom. The second kappa shape index (κ2) is 4.30. The predicted molar refractivity (Wildman–Crippen MR) is 61.4 cm³/mol. The van der Waals surface area contributed by atoms with Gasteiger partial charge in [-0.15, -0.1) is 11.3 Å². The first-order valence-corrected chi connectivity index (χ1v) is 7.58. The van der Waals surface area contributed by atoms with Crippen molar-refractivity contribution >= 4 is 37.1 Å². The predicted octanol–water partition coefficient (Wildman–Crippen LogP) is 1.90. The quantitative estimate of drug-likeness (QED) is 0.927. The molecule has 1 unspecified atom stereocenters. The van der Waals surface area contributed by atoms with E-state index in [-0.39, 0.29) is 5.75 Å². The van der Waals surface area contributed by atoms with Crippen molar-refractivity contribution in [1.29, 1.82) is 0 Å². The van der Waals surface area contributed by atoms with Crippen LogP contribution in [-0.4, -0.2) is 25.5 Å². The van der Waals surface area contributed by atoms with Gasteiger partial charge in [-0.05, 0) is 34.5 Å². The highest BCUT2D eigenvalue weighted by atomic mass is 79.9. The molecule has 6 heteroatoms. The van der Waals surface area contributed by atoms with E-state index in [1.807, 2.05) is 6.92 Å². The van der Waals surface area contributed by atoms with Crippen LogP contribution in [0.3, 0.4) is 0 Å². The summed E-state index contributed by atoms with van der Waals surface area (Å²) in [6, 6.07) is 1.80. The molecule has 1 atom stereocenters. The zero-order valence-electron chi connectivity index (χ0n) is 7.82. The largest absolute Gasteiger partial charge is 0.387 e. The Kier molecular flexibility index (Phi) is 3.74. The molecule has 1 rings (SSSR count). The van der Waals surface area contributed by atoms with E-state index in [9.17, 15) is 13.5 Å². The van der Waals surface area contributed by atoms with Crippen LogP contribution in [0.4, 0.5) is 0 Å². The van der Waals surface area contributed by atoms with Gasteiger partial charge in [0.05, 0.1) is 9.54 Å². The number of aliphatic hydroxyl groups excluding tert-OH is 1. The summed E-state index contributed by atoms with van der Waals surface area (Å²) in [5.74, 6) is -0.223. The Bertz CT molecular complexity index is 402. The van der Waals surface area contributed by atoms with Gasteiger partial charge in [-0.1, -0.05) is 0 Å². The van der Waals surface area contributed by atoms with Gasteiger partial charge in [-0.2, -0.15) is 0 Å². The molecule has 1 heterocycles. The molecule has 0 aliphatic carbocycles. The Labute approximate surface area is 95.8 Å². The lowest BCUT2D eigenvalue weighted by atomic mass is 10.3. The normalized spacial score (nSPS) is 14.3. The summed E-state index contributed by atoms with van der Waals surface area (Å²) in [6.07, 6.45) is 0.200. The van der Waals surface area contributed by atoms with E-state index in [0.717, 1.165) is 15.6 Å². The fourth-order valence-corrected chi connectivity index (χ4v) is 3.43. The summed E-state index contributed by atoms with van der Waals surface area (Å²) in [6.45, 7) is 1.90. The number of thiophene rings is 1. The van der Waals surface area contributed by atoms with Gasteiger partial charge in [-0.25, -0.2) is 8.42 Å². The van der Waals surface area contributed by atoms with Crippen molar-refractivity contribution in [2.75, 3.05) is 12.0 Å². The first-order chi connectivity index (χ1) is 6.29. The van der Waals surface area contributed by atoms with E-state index in [2.05, 4.69) is 15.9 Å². The lowest BCUT2D eigenvalue weighted by Crippen LogP contribution is -2.11. The Balaban J connectivity index is 2.85. The molecule has 3 nitrogen and oxygen atoms in total. The molecule has 1 aromatic rings. The molecule has 0 saturated heterocycles. The fraction of sp³-hybridized carbons (Fsp3) is 0.500. The number of rotatable bonds is 3. The summed E-state index contributed by atoms with van der Waals surface area (Å²) in [4.78, 5) is 0.680. The average molecular weight is 299 g/mol. The van der Waals surface area contributed by atoms with Crippen molar-refractivity contribution in [3.63, 3.8) is 0 Å². The highest BCUT2D eigenvalue weighted by Crippen LogP contribution is 2.31. The molecule has 0 radical (unpaired) electrons. The Morgan fingerprint density at radius 3 is 2.57 bits per heavy atom. The van der Waals surface area contributed by atoms with E-state index < -0.39 is 15.9 Å². The second-order valence-corrected chi connectivity index (χ2v) is 7.80. The van der Waals surface area contributed by atoms with E-state index in [1.165, 1.54) is 11.3 Å². The zero-order chi connectivity index (χ0) is 10.9. The average Bonchev–Trinajstić information content (AvgIpc) is 2.28. The molecular weight excluding hydrogens is 288 g/mol. The maximum absolute atomic E-state index is 10.9. The minimum absolute atomic E-state index is 0.223. The molecule has 0 fully saturated rings. The molecule has 14 heavy (non-hydrogen) atoms. The van der Waals surface area contributed by atoms with Crippen LogP contribution in [0, 0.1) is 6.92 Å². The summed E-state index contributed by atoms with van der Waals surface area (Å²) in [5.41, 5.74) is 1.01. The van der Waals surface area contributed by atoms with Gasteiger partial charge in [0.15, 0.2) is 0 Å². The van der Waals surface area contributed by atoms with Gasteiger partial charge in [0.2, 0.25) is 0 Å². The maximum atomic E-state index is 10.9. The molecule has 0 aromatic carbocycles. The van der Waals surface area contributed by atoms with Crippen molar-refractivity contribution in [1.82, 2.24) is 0 Å². The van der Waals surface area contributed by atoms with Crippen molar-refractivity contribution in [2.45, 2.75) is 13.0 Å². The van der Waals surface area contributed by atoms with Crippen LogP contribution in [0.1, 0.15) is 16.5 Å². The van der Waals surface area contributed by atoms with Gasteiger partial charge in [-0.3, -0.25) is 0 Å². The summed E-state index contributed by atoms with van der Waals surface area (Å²) < 4.78 is 22.8. The van der Waals surface area contributed by atoms with Gasteiger partial charge >= 0.3 is 0 Å². The third kappa shape index (κ3) is 3.34. The molecule has 1 N–H and O–H groups in total. The summed E-state index contributed by atoms with van der Waals surface area (Å²) in [5, 5.41) is 9.60. The third-order valence-corrected chi connectivity index (χ3v) is 4.82. The van der Waals surface area contributed by atoms with Crippen molar-refractivity contribution in [2.24, 2.45) is 0 Å². The third-order valence-electron chi connectivity index (χ3n) is 1.67. The lowest BCUT2D eigenvalue weighted by molar-refractivity contribution is 0.205. The van der Waals surface area contributed by atoms with E-state index in [4.69, 9.17) is 0 Å². The SMILES string of the molecule is Cc1cc(C(O)CS(C)(=O)=O)sc1Br. The zero-order valence-corrected chi connectivity index (χ0v) is 11.0. The van der Waals surface area contributed by atoms with Gasteiger partial charge in [0, 0.05) is 11.1 Å². The second-order valence-electron chi connectivity index (χ2n) is 3.21. The van der Waals surface area contributed by atoms with Crippen LogP contribution in [0.25, 0.3) is 0 Å². The van der Waals surface area contributed by atoms with Crippen LogP contribution in [0.2, 0.25) is 0 Å². The van der Waals surface area contributed by atoms with Crippen LogP contribution in [0.5, 0.6) is 0 Å². The van der Waals surface area contributed by atoms with Gasteiger partial charge in [0.25, 0.3) is 0 Å². The van der Waals surface area contributed by atoms with Gasteiger partial charge in [0.1, 0.15) is 15.9 Å². The first-order valence-electron chi connectivity index (χ1n) is 3.91. The molecule has 0 saturated carbocycles. The van der Waals surface area contributed by atoms with E-state index in [0.29, 0.717) is 4.88 Å². The van der Waals surface area contributed by atoms with Crippen molar-refractivity contribution in [3.8, 4) is 0 Å². The number of hydrogen-bond donors (Lipinski definition) is 1. The number of halogens is 1. The number of sulfone groups is 1. The standard InChI is InChI=1S/C8H11BrO3S2/c1-5-3-7(13-8(5)9)6(10)4-14(2,11)12/h3,6,10H,4H2,1-2H3. The van der Waals surface area contributed by atoms with E-state index in [1.54, 1.807) is 6.07 Å². The number of aliphatic hydroxyl groups is 1. The minimum atomic E-state index is -3.13. The highest BCUT2D eigenvalue weighted by molar-refractivity contribution is 9.11. The number of hydrogen-bond acceptors (Lipinski definition) is 4. The smallest absolute Gasteiger partial charge is 0.150 e. The molecule has 0 amide bonds. The molecule has 1 aromatic heterocycles. The highest BCUT2D eigenvalue weighted by Gasteiger charge is 2.17. The maximum Gasteiger partial charge on any atom is 0.150 e. The Morgan fingerprint density at radius 2 is 2.21 bits per heavy atom. The lowest BCUT2D eigenvalue weighted by Gasteiger charge is -2.05. The molecule has 80 valence electrons. The monoisotopic (exact) mass is 298 g/mol. The topological polar surface area (TPSA) is 54.4 Å². The van der Waals surface area contributed by atoms with Gasteiger partial charge < -0.3 is 5.11 Å². The van der Waals surface area contributed by atoms with Crippen molar-refractivity contribution < 1.29 is 13.5 Å².